The third-order valence-electron chi connectivity index (χ3n) is 3.80. The lowest BCUT2D eigenvalue weighted by atomic mass is 10.0. The summed E-state index contributed by atoms with van der Waals surface area (Å²) < 4.78 is 0. The molecule has 4 heteroatoms. The van der Waals surface area contributed by atoms with E-state index in [2.05, 4.69) is 22.2 Å². The summed E-state index contributed by atoms with van der Waals surface area (Å²) in [7, 11) is 0. The molecule has 0 saturated heterocycles. The van der Waals surface area contributed by atoms with Crippen molar-refractivity contribution in [3.8, 4) is 0 Å². The molecule has 1 fully saturated rings. The normalized spacial score (nSPS) is 17.5. The Bertz CT molecular complexity index is 618. The van der Waals surface area contributed by atoms with Gasteiger partial charge in [-0.2, -0.15) is 0 Å². The van der Waals surface area contributed by atoms with E-state index < -0.39 is 0 Å². The Hall–Kier alpha value is -1.97. The van der Waals surface area contributed by atoms with Crippen LogP contribution in [0.25, 0.3) is 11.0 Å². The van der Waals surface area contributed by atoms with Crippen LogP contribution in [0.5, 0.6) is 0 Å². The fourth-order valence-corrected chi connectivity index (χ4v) is 2.69. The molecule has 2 aromatic rings. The van der Waals surface area contributed by atoms with Crippen LogP contribution in [-0.2, 0) is 0 Å². The molecule has 1 aliphatic rings. The zero-order valence-corrected chi connectivity index (χ0v) is 11.0. The van der Waals surface area contributed by atoms with Crippen molar-refractivity contribution in [1.82, 2.24) is 15.3 Å². The summed E-state index contributed by atoms with van der Waals surface area (Å²) in [6.07, 6.45) is 6.00. The van der Waals surface area contributed by atoms with Gasteiger partial charge in [0.25, 0.3) is 5.91 Å². The monoisotopic (exact) mass is 255 g/mol. The van der Waals surface area contributed by atoms with E-state index >= 15 is 0 Å². The van der Waals surface area contributed by atoms with Crippen LogP contribution in [0, 0.1) is 0 Å². The molecular weight excluding hydrogens is 238 g/mol. The number of benzene rings is 1. The first-order valence-electron chi connectivity index (χ1n) is 6.71. The molecule has 1 amide bonds. The molecule has 0 spiro atoms. The van der Waals surface area contributed by atoms with Crippen molar-refractivity contribution >= 4 is 16.9 Å². The van der Waals surface area contributed by atoms with Crippen molar-refractivity contribution in [1.29, 1.82) is 0 Å². The molecule has 19 heavy (non-hydrogen) atoms. The highest BCUT2D eigenvalue weighted by Crippen LogP contribution is 2.29. The number of nitrogens with one attached hydrogen (secondary N) is 1. The largest absolute Gasteiger partial charge is 0.345 e. The van der Waals surface area contributed by atoms with Gasteiger partial charge in [-0.15, -0.1) is 0 Å². The Labute approximate surface area is 112 Å². The van der Waals surface area contributed by atoms with Crippen LogP contribution >= 0.6 is 0 Å². The number of hydrogen-bond acceptors (Lipinski definition) is 3. The maximum atomic E-state index is 12.2. The van der Waals surface area contributed by atoms with E-state index in [0.717, 1.165) is 23.9 Å². The lowest BCUT2D eigenvalue weighted by Crippen LogP contribution is -2.43. The maximum absolute atomic E-state index is 12.2. The van der Waals surface area contributed by atoms with E-state index in [1.165, 1.54) is 12.8 Å². The number of fused-ring (bicyclic) bond motifs is 1. The number of nitrogens with zero attached hydrogens (tertiary/aromatic N) is 2. The van der Waals surface area contributed by atoms with Crippen LogP contribution in [0.1, 0.15) is 43.1 Å². The molecule has 1 aromatic carbocycles. The Morgan fingerprint density at radius 2 is 1.89 bits per heavy atom. The SMILES string of the molecule is CC1(NC(=O)c2cnc3ccccc3n2)CCCC1. The average Bonchev–Trinajstić information content (AvgIpc) is 2.84. The Morgan fingerprint density at radius 3 is 2.63 bits per heavy atom. The highest BCUT2D eigenvalue weighted by atomic mass is 16.2. The first-order chi connectivity index (χ1) is 9.16. The van der Waals surface area contributed by atoms with Crippen molar-refractivity contribution in [2.75, 3.05) is 0 Å². The van der Waals surface area contributed by atoms with Crippen LogP contribution in [0.3, 0.4) is 0 Å². The van der Waals surface area contributed by atoms with Gasteiger partial charge < -0.3 is 5.32 Å². The predicted molar refractivity (Wildman–Crippen MR) is 73.9 cm³/mol. The third kappa shape index (κ3) is 2.43. The smallest absolute Gasteiger partial charge is 0.271 e. The van der Waals surface area contributed by atoms with E-state index in [1.807, 2.05) is 24.3 Å². The third-order valence-corrected chi connectivity index (χ3v) is 3.80. The summed E-state index contributed by atoms with van der Waals surface area (Å²) in [6.45, 7) is 2.10. The Balaban J connectivity index is 1.85. The molecular formula is C15H17N3O. The van der Waals surface area contributed by atoms with Crippen LogP contribution in [0.2, 0.25) is 0 Å². The Morgan fingerprint density at radius 1 is 1.21 bits per heavy atom. The molecule has 1 heterocycles. The summed E-state index contributed by atoms with van der Waals surface area (Å²) in [6, 6.07) is 7.58. The summed E-state index contributed by atoms with van der Waals surface area (Å²) in [5.41, 5.74) is 1.88. The van der Waals surface area contributed by atoms with Crippen LogP contribution in [0.4, 0.5) is 0 Å². The molecule has 0 radical (unpaired) electrons. The second-order valence-corrected chi connectivity index (χ2v) is 5.47. The second-order valence-electron chi connectivity index (χ2n) is 5.47. The number of amides is 1. The van der Waals surface area contributed by atoms with Gasteiger partial charge in [-0.1, -0.05) is 25.0 Å². The van der Waals surface area contributed by atoms with Gasteiger partial charge in [-0.3, -0.25) is 9.78 Å². The van der Waals surface area contributed by atoms with Gasteiger partial charge in [0.15, 0.2) is 0 Å². The topological polar surface area (TPSA) is 54.9 Å². The molecule has 0 unspecified atom stereocenters. The second kappa shape index (κ2) is 4.61. The minimum Gasteiger partial charge on any atom is -0.345 e. The van der Waals surface area contributed by atoms with Gasteiger partial charge in [0.1, 0.15) is 5.69 Å². The molecule has 1 aromatic heterocycles. The van der Waals surface area contributed by atoms with Crippen LogP contribution in [0.15, 0.2) is 30.5 Å². The molecule has 0 atom stereocenters. The van der Waals surface area contributed by atoms with Gasteiger partial charge in [0, 0.05) is 5.54 Å². The van der Waals surface area contributed by atoms with E-state index in [9.17, 15) is 4.79 Å². The highest BCUT2D eigenvalue weighted by molar-refractivity contribution is 5.94. The summed E-state index contributed by atoms with van der Waals surface area (Å²) >= 11 is 0. The maximum Gasteiger partial charge on any atom is 0.271 e. The van der Waals surface area contributed by atoms with Crippen LogP contribution in [-0.4, -0.2) is 21.4 Å². The number of rotatable bonds is 2. The van der Waals surface area contributed by atoms with Crippen molar-refractivity contribution in [3.63, 3.8) is 0 Å². The average molecular weight is 255 g/mol. The Kier molecular flexibility index (Phi) is 2.93. The van der Waals surface area contributed by atoms with E-state index in [-0.39, 0.29) is 11.4 Å². The molecule has 1 N–H and O–H groups in total. The summed E-state index contributed by atoms with van der Waals surface area (Å²) in [5.74, 6) is -0.123. The molecule has 4 nitrogen and oxygen atoms in total. The van der Waals surface area contributed by atoms with E-state index in [1.54, 1.807) is 6.20 Å². The van der Waals surface area contributed by atoms with Gasteiger partial charge in [0.05, 0.1) is 17.2 Å². The van der Waals surface area contributed by atoms with E-state index in [4.69, 9.17) is 0 Å². The molecule has 1 aliphatic carbocycles. The zero-order valence-electron chi connectivity index (χ0n) is 11.0. The van der Waals surface area contributed by atoms with E-state index in [0.29, 0.717) is 5.69 Å². The minimum atomic E-state index is -0.123. The van der Waals surface area contributed by atoms with Crippen LogP contribution < -0.4 is 5.32 Å². The van der Waals surface area contributed by atoms with Gasteiger partial charge in [0.2, 0.25) is 0 Å². The number of aromatic nitrogens is 2. The molecule has 0 bridgehead atoms. The van der Waals surface area contributed by atoms with Crippen molar-refractivity contribution in [3.05, 3.63) is 36.2 Å². The van der Waals surface area contributed by atoms with Crippen molar-refractivity contribution < 1.29 is 4.79 Å². The first kappa shape index (κ1) is 12.1. The fourth-order valence-electron chi connectivity index (χ4n) is 2.69. The molecule has 3 rings (SSSR count). The van der Waals surface area contributed by atoms with Gasteiger partial charge >= 0.3 is 0 Å². The standard InChI is InChI=1S/C15H17N3O/c1-15(8-4-5-9-15)18-14(19)13-10-16-11-6-2-3-7-12(11)17-13/h2-3,6-7,10H,4-5,8-9H2,1H3,(H,18,19). The lowest BCUT2D eigenvalue weighted by molar-refractivity contribution is 0.0903. The first-order valence-corrected chi connectivity index (χ1v) is 6.71. The lowest BCUT2D eigenvalue weighted by Gasteiger charge is -2.24. The predicted octanol–water partition coefficient (Wildman–Crippen LogP) is 2.69. The number of carbonyl (C=O) groups excluding carboxylic acids is 1. The summed E-state index contributed by atoms with van der Waals surface area (Å²) in [5, 5.41) is 3.09. The zero-order chi connectivity index (χ0) is 13.3. The molecule has 0 aliphatic heterocycles. The highest BCUT2D eigenvalue weighted by Gasteiger charge is 2.30. The minimum absolute atomic E-state index is 0.0790. The molecule has 98 valence electrons. The van der Waals surface area contributed by atoms with Gasteiger partial charge in [-0.05, 0) is 31.9 Å². The number of para-hydroxylation sites is 2. The van der Waals surface area contributed by atoms with Gasteiger partial charge in [-0.25, -0.2) is 4.98 Å². The van der Waals surface area contributed by atoms with Crippen molar-refractivity contribution in [2.24, 2.45) is 0 Å². The quantitative estimate of drug-likeness (QED) is 0.897. The number of hydrogen-bond donors (Lipinski definition) is 1. The number of carbonyl (C=O) groups is 1. The summed E-state index contributed by atoms with van der Waals surface area (Å²) in [4.78, 5) is 20.9. The van der Waals surface area contributed by atoms with Crippen molar-refractivity contribution in [2.45, 2.75) is 38.1 Å². The molecule has 1 saturated carbocycles. The fraction of sp³-hybridized carbons (Fsp3) is 0.400.